The van der Waals surface area contributed by atoms with Gasteiger partial charge in [-0.3, -0.25) is 4.90 Å². The molecule has 4 rings (SSSR count). The molecule has 20 heavy (non-hydrogen) atoms. The summed E-state index contributed by atoms with van der Waals surface area (Å²) < 4.78 is 6.14. The highest BCUT2D eigenvalue weighted by atomic mass is 16.3. The van der Waals surface area contributed by atoms with Crippen LogP contribution in [0.15, 0.2) is 28.7 Å². The maximum absolute atomic E-state index is 6.14. The summed E-state index contributed by atoms with van der Waals surface area (Å²) >= 11 is 0. The van der Waals surface area contributed by atoms with Gasteiger partial charge in [-0.05, 0) is 38.3 Å². The number of nitrogens with one attached hydrogen (secondary N) is 1. The van der Waals surface area contributed by atoms with Crippen molar-refractivity contribution in [3.8, 4) is 0 Å². The van der Waals surface area contributed by atoms with Crippen LogP contribution in [0.5, 0.6) is 0 Å². The van der Waals surface area contributed by atoms with Crippen LogP contribution in [0.25, 0.3) is 11.0 Å². The summed E-state index contributed by atoms with van der Waals surface area (Å²) in [5.41, 5.74) is 2.36. The maximum Gasteiger partial charge on any atom is 0.134 e. The predicted molar refractivity (Wildman–Crippen MR) is 80.5 cm³/mol. The van der Waals surface area contributed by atoms with E-state index < -0.39 is 0 Å². The van der Waals surface area contributed by atoms with Gasteiger partial charge < -0.3 is 9.73 Å². The van der Waals surface area contributed by atoms with E-state index in [-0.39, 0.29) is 0 Å². The molecule has 3 nitrogen and oxygen atoms in total. The van der Waals surface area contributed by atoms with Crippen LogP contribution >= 0.6 is 0 Å². The van der Waals surface area contributed by atoms with Crippen LogP contribution in [0.1, 0.15) is 30.6 Å². The lowest BCUT2D eigenvalue weighted by Crippen LogP contribution is -2.31. The smallest absolute Gasteiger partial charge is 0.134 e. The van der Waals surface area contributed by atoms with Crippen molar-refractivity contribution in [2.24, 2.45) is 5.92 Å². The Labute approximate surface area is 119 Å². The largest absolute Gasteiger partial charge is 0.459 e. The Bertz CT molecular complexity index is 618. The Hall–Kier alpha value is -1.32. The molecule has 1 N–H and O–H groups in total. The van der Waals surface area contributed by atoms with E-state index in [1.807, 2.05) is 7.05 Å². The van der Waals surface area contributed by atoms with Gasteiger partial charge in [0.05, 0.1) is 6.54 Å². The Morgan fingerprint density at radius 1 is 1.30 bits per heavy atom. The van der Waals surface area contributed by atoms with E-state index in [0.29, 0.717) is 0 Å². The molecule has 1 aliphatic carbocycles. The van der Waals surface area contributed by atoms with Crippen molar-refractivity contribution in [3.05, 3.63) is 35.6 Å². The number of benzene rings is 1. The van der Waals surface area contributed by atoms with Gasteiger partial charge in [0.25, 0.3) is 0 Å². The molecule has 0 radical (unpaired) electrons. The Morgan fingerprint density at radius 2 is 2.20 bits per heavy atom. The number of likely N-dealkylation sites (tertiary alicyclic amines) is 1. The van der Waals surface area contributed by atoms with Crippen molar-refractivity contribution in [1.82, 2.24) is 10.2 Å². The third-order valence-corrected chi connectivity index (χ3v) is 5.00. The molecule has 1 saturated heterocycles. The summed E-state index contributed by atoms with van der Waals surface area (Å²) in [7, 11) is 2.00. The van der Waals surface area contributed by atoms with Crippen LogP contribution in [-0.4, -0.2) is 24.5 Å². The second-order valence-electron chi connectivity index (χ2n) is 6.29. The lowest BCUT2D eigenvalue weighted by atomic mass is 10.1. The van der Waals surface area contributed by atoms with Crippen molar-refractivity contribution < 1.29 is 4.42 Å². The first-order valence-electron chi connectivity index (χ1n) is 7.73. The average molecular weight is 270 g/mol. The molecule has 1 aliphatic heterocycles. The predicted octanol–water partition coefficient (Wildman–Crippen LogP) is 3.14. The number of furan rings is 1. The van der Waals surface area contributed by atoms with Gasteiger partial charge >= 0.3 is 0 Å². The third-order valence-electron chi connectivity index (χ3n) is 5.00. The zero-order valence-electron chi connectivity index (χ0n) is 12.1. The van der Waals surface area contributed by atoms with Crippen molar-refractivity contribution in [2.45, 2.75) is 38.4 Å². The van der Waals surface area contributed by atoms with Crippen LogP contribution in [0.3, 0.4) is 0 Å². The summed E-state index contributed by atoms with van der Waals surface area (Å²) in [6, 6.07) is 9.20. The molecular weight excluding hydrogens is 248 g/mol. The summed E-state index contributed by atoms with van der Waals surface area (Å²) in [5, 5.41) is 4.55. The fourth-order valence-electron chi connectivity index (χ4n) is 4.05. The zero-order chi connectivity index (χ0) is 13.5. The molecule has 2 aromatic rings. The molecule has 2 unspecified atom stereocenters. The lowest BCUT2D eigenvalue weighted by Gasteiger charge is -2.26. The van der Waals surface area contributed by atoms with Crippen LogP contribution < -0.4 is 5.32 Å². The van der Waals surface area contributed by atoms with Crippen molar-refractivity contribution in [2.75, 3.05) is 13.6 Å². The minimum absolute atomic E-state index is 0.802. The maximum atomic E-state index is 6.14. The van der Waals surface area contributed by atoms with Gasteiger partial charge in [-0.2, -0.15) is 0 Å². The van der Waals surface area contributed by atoms with Gasteiger partial charge in [-0.1, -0.05) is 18.2 Å². The van der Waals surface area contributed by atoms with Crippen LogP contribution in [-0.2, 0) is 13.1 Å². The highest BCUT2D eigenvalue weighted by Crippen LogP contribution is 2.39. The molecule has 2 heterocycles. The Balaban J connectivity index is 1.66. The van der Waals surface area contributed by atoms with Gasteiger partial charge in [0.1, 0.15) is 11.3 Å². The number of fused-ring (bicyclic) bond motifs is 3. The topological polar surface area (TPSA) is 28.4 Å². The first-order chi connectivity index (χ1) is 9.85. The quantitative estimate of drug-likeness (QED) is 0.925. The molecule has 2 fully saturated rings. The number of hydrogen-bond donors (Lipinski definition) is 1. The first-order valence-corrected chi connectivity index (χ1v) is 7.73. The third kappa shape index (κ3) is 1.97. The molecule has 1 aromatic heterocycles. The molecular formula is C17H22N2O. The van der Waals surface area contributed by atoms with E-state index in [9.17, 15) is 0 Å². The SMILES string of the molecule is CNCc1c(CN2CC3CCC2C3)oc2ccccc12. The van der Waals surface area contributed by atoms with E-state index in [1.54, 1.807) is 0 Å². The van der Waals surface area contributed by atoms with Gasteiger partial charge in [-0.15, -0.1) is 0 Å². The summed E-state index contributed by atoms with van der Waals surface area (Å²) in [6.45, 7) is 3.13. The van der Waals surface area contributed by atoms with Crippen molar-refractivity contribution in [1.29, 1.82) is 0 Å². The lowest BCUT2D eigenvalue weighted by molar-refractivity contribution is 0.191. The van der Waals surface area contributed by atoms with E-state index in [1.165, 1.54) is 36.8 Å². The molecule has 1 saturated carbocycles. The Kier molecular flexibility index (Phi) is 3.04. The summed E-state index contributed by atoms with van der Waals surface area (Å²) in [5.74, 6) is 2.10. The monoisotopic (exact) mass is 270 g/mol. The number of rotatable bonds is 4. The van der Waals surface area contributed by atoms with Gasteiger partial charge in [-0.25, -0.2) is 0 Å². The van der Waals surface area contributed by atoms with E-state index in [4.69, 9.17) is 4.42 Å². The molecule has 106 valence electrons. The number of piperidine rings is 1. The molecule has 2 atom stereocenters. The molecule has 0 amide bonds. The fourth-order valence-corrected chi connectivity index (χ4v) is 4.05. The van der Waals surface area contributed by atoms with Crippen LogP contribution in [0.4, 0.5) is 0 Å². The number of hydrogen-bond acceptors (Lipinski definition) is 3. The molecule has 1 aromatic carbocycles. The Morgan fingerprint density at radius 3 is 2.95 bits per heavy atom. The summed E-state index contributed by atoms with van der Waals surface area (Å²) in [6.07, 6.45) is 4.22. The van der Waals surface area contributed by atoms with E-state index in [2.05, 4.69) is 34.5 Å². The minimum atomic E-state index is 0.802. The molecule has 2 aliphatic rings. The van der Waals surface area contributed by atoms with Crippen molar-refractivity contribution >= 4 is 11.0 Å². The zero-order valence-corrected chi connectivity index (χ0v) is 12.1. The fraction of sp³-hybridized carbons (Fsp3) is 0.529. The average Bonchev–Trinajstić information content (AvgIpc) is 3.15. The highest BCUT2D eigenvalue weighted by Gasteiger charge is 2.38. The van der Waals surface area contributed by atoms with Crippen molar-refractivity contribution in [3.63, 3.8) is 0 Å². The standard InChI is InChI=1S/C17H22N2O/c1-18-9-15-14-4-2-3-5-16(14)20-17(15)11-19-10-12-6-7-13(19)8-12/h2-5,12-13,18H,6-11H2,1H3. The number of nitrogens with zero attached hydrogens (tertiary/aromatic N) is 1. The van der Waals surface area contributed by atoms with E-state index >= 15 is 0 Å². The van der Waals surface area contributed by atoms with Gasteiger partial charge in [0.15, 0.2) is 0 Å². The second-order valence-corrected chi connectivity index (χ2v) is 6.29. The second kappa shape index (κ2) is 4.90. The summed E-state index contributed by atoms with van der Waals surface area (Å²) in [4.78, 5) is 2.63. The first kappa shape index (κ1) is 12.4. The van der Waals surface area contributed by atoms with Gasteiger partial charge in [0.2, 0.25) is 0 Å². The normalized spacial score (nSPS) is 25.9. The molecule has 3 heteroatoms. The van der Waals surface area contributed by atoms with Crippen LogP contribution in [0.2, 0.25) is 0 Å². The molecule has 2 bridgehead atoms. The van der Waals surface area contributed by atoms with Gasteiger partial charge in [0, 0.05) is 30.1 Å². The highest BCUT2D eigenvalue weighted by molar-refractivity contribution is 5.82. The number of para-hydroxylation sites is 1. The minimum Gasteiger partial charge on any atom is -0.459 e. The van der Waals surface area contributed by atoms with E-state index in [0.717, 1.165) is 36.4 Å². The van der Waals surface area contributed by atoms with Crippen LogP contribution in [0, 0.1) is 5.92 Å². The molecule has 0 spiro atoms.